The van der Waals surface area contributed by atoms with Gasteiger partial charge in [-0.3, -0.25) is 0 Å². The highest BCUT2D eigenvalue weighted by Crippen LogP contribution is 2.24. The fourth-order valence-electron chi connectivity index (χ4n) is 2.36. The molecule has 0 spiro atoms. The quantitative estimate of drug-likeness (QED) is 0.849. The molecule has 2 heterocycles. The number of aromatic amines is 1. The van der Waals surface area contributed by atoms with Crippen molar-refractivity contribution >= 4 is 17.1 Å². The van der Waals surface area contributed by atoms with Crippen LogP contribution in [0.1, 0.15) is 25.5 Å². The van der Waals surface area contributed by atoms with E-state index in [0.717, 1.165) is 23.1 Å². The summed E-state index contributed by atoms with van der Waals surface area (Å²) in [4.78, 5) is 20.9. The van der Waals surface area contributed by atoms with Crippen molar-refractivity contribution in [3.05, 3.63) is 30.1 Å². The minimum Gasteiger partial charge on any atom is -0.345 e. The molecule has 1 fully saturated rings. The Morgan fingerprint density at radius 3 is 3.00 bits per heavy atom. The Balaban J connectivity index is 1.89. The number of imidazole rings is 1. The smallest absolute Gasteiger partial charge is 0.318 e. The SMILES string of the molecule is CC(C)N1CC(c2ccc3nc[nH]c3c2)NC1=O. The highest BCUT2D eigenvalue weighted by atomic mass is 16.2. The fraction of sp³-hybridized carbons (Fsp3) is 0.385. The normalized spacial score (nSPS) is 19.8. The average Bonchev–Trinajstić information content (AvgIpc) is 2.93. The largest absolute Gasteiger partial charge is 0.345 e. The van der Waals surface area contributed by atoms with Gasteiger partial charge in [-0.2, -0.15) is 0 Å². The molecule has 0 aliphatic carbocycles. The molecular formula is C13H16N4O. The Morgan fingerprint density at radius 1 is 1.44 bits per heavy atom. The van der Waals surface area contributed by atoms with Gasteiger partial charge in [-0.25, -0.2) is 9.78 Å². The van der Waals surface area contributed by atoms with Gasteiger partial charge in [0.05, 0.1) is 23.4 Å². The monoisotopic (exact) mass is 244 g/mol. The molecular weight excluding hydrogens is 228 g/mol. The van der Waals surface area contributed by atoms with Gasteiger partial charge in [-0.1, -0.05) is 6.07 Å². The summed E-state index contributed by atoms with van der Waals surface area (Å²) in [5.74, 6) is 0. The lowest BCUT2D eigenvalue weighted by Gasteiger charge is -2.18. The molecule has 5 heteroatoms. The summed E-state index contributed by atoms with van der Waals surface area (Å²) in [6.45, 7) is 4.77. The lowest BCUT2D eigenvalue weighted by molar-refractivity contribution is 0.206. The molecule has 2 amide bonds. The van der Waals surface area contributed by atoms with E-state index in [4.69, 9.17) is 0 Å². The van der Waals surface area contributed by atoms with Crippen LogP contribution in [-0.2, 0) is 0 Å². The van der Waals surface area contributed by atoms with Crippen molar-refractivity contribution < 1.29 is 4.79 Å². The number of amides is 2. The molecule has 18 heavy (non-hydrogen) atoms. The minimum absolute atomic E-state index is 0.0136. The molecule has 1 aliphatic heterocycles. The maximum absolute atomic E-state index is 11.8. The third kappa shape index (κ3) is 1.72. The summed E-state index contributed by atoms with van der Waals surface area (Å²) in [6, 6.07) is 6.36. The van der Waals surface area contributed by atoms with Crippen LogP contribution >= 0.6 is 0 Å². The highest BCUT2D eigenvalue weighted by molar-refractivity contribution is 5.79. The van der Waals surface area contributed by atoms with Crippen LogP contribution in [0.4, 0.5) is 4.79 Å². The number of fused-ring (bicyclic) bond motifs is 1. The van der Waals surface area contributed by atoms with Gasteiger partial charge >= 0.3 is 6.03 Å². The van der Waals surface area contributed by atoms with Crippen LogP contribution in [0.3, 0.4) is 0 Å². The van der Waals surface area contributed by atoms with Gasteiger partial charge in [-0.15, -0.1) is 0 Å². The Bertz CT molecular complexity index is 589. The van der Waals surface area contributed by atoms with Gasteiger partial charge < -0.3 is 15.2 Å². The number of nitrogens with zero attached hydrogens (tertiary/aromatic N) is 2. The summed E-state index contributed by atoms with van der Waals surface area (Å²) in [5, 5.41) is 3.01. The molecule has 2 aromatic rings. The molecule has 5 nitrogen and oxygen atoms in total. The molecule has 0 bridgehead atoms. The summed E-state index contributed by atoms with van der Waals surface area (Å²) in [7, 11) is 0. The number of aromatic nitrogens is 2. The molecule has 1 aromatic carbocycles. The fourth-order valence-corrected chi connectivity index (χ4v) is 2.36. The molecule has 2 N–H and O–H groups in total. The second kappa shape index (κ2) is 4.01. The zero-order valence-corrected chi connectivity index (χ0v) is 10.5. The highest BCUT2D eigenvalue weighted by Gasteiger charge is 2.31. The molecule has 94 valence electrons. The van der Waals surface area contributed by atoms with Crippen molar-refractivity contribution in [2.45, 2.75) is 25.9 Å². The van der Waals surface area contributed by atoms with Crippen molar-refractivity contribution in [3.8, 4) is 0 Å². The van der Waals surface area contributed by atoms with E-state index in [0.29, 0.717) is 0 Å². The second-order valence-electron chi connectivity index (χ2n) is 4.93. The first-order valence-electron chi connectivity index (χ1n) is 6.15. The zero-order valence-electron chi connectivity index (χ0n) is 10.5. The molecule has 1 aromatic heterocycles. The number of hydrogen-bond donors (Lipinski definition) is 2. The first-order chi connectivity index (χ1) is 8.65. The number of rotatable bonds is 2. The van der Waals surface area contributed by atoms with Crippen molar-refractivity contribution in [2.75, 3.05) is 6.54 Å². The third-order valence-electron chi connectivity index (χ3n) is 3.41. The molecule has 1 atom stereocenters. The van der Waals surface area contributed by atoms with Gasteiger partial charge in [0.15, 0.2) is 0 Å². The number of nitrogens with one attached hydrogen (secondary N) is 2. The van der Waals surface area contributed by atoms with Crippen LogP contribution in [-0.4, -0.2) is 33.5 Å². The average molecular weight is 244 g/mol. The summed E-state index contributed by atoms with van der Waals surface area (Å²) in [6.07, 6.45) is 1.68. The number of urea groups is 1. The van der Waals surface area contributed by atoms with E-state index in [1.807, 2.05) is 30.9 Å². The second-order valence-corrected chi connectivity index (χ2v) is 4.93. The number of H-pyrrole nitrogens is 1. The Labute approximate surface area is 105 Å². The minimum atomic E-state index is 0.0136. The van der Waals surface area contributed by atoms with E-state index in [1.54, 1.807) is 6.33 Å². The lowest BCUT2D eigenvalue weighted by Crippen LogP contribution is -2.33. The molecule has 3 rings (SSSR count). The van der Waals surface area contributed by atoms with Crippen LogP contribution in [0.15, 0.2) is 24.5 Å². The van der Waals surface area contributed by atoms with E-state index in [9.17, 15) is 4.79 Å². The van der Waals surface area contributed by atoms with Crippen LogP contribution < -0.4 is 5.32 Å². The first kappa shape index (κ1) is 11.1. The molecule has 0 radical (unpaired) electrons. The van der Waals surface area contributed by atoms with E-state index < -0.39 is 0 Å². The van der Waals surface area contributed by atoms with Gasteiger partial charge in [0.2, 0.25) is 0 Å². The predicted octanol–water partition coefficient (Wildman–Crippen LogP) is 2.04. The molecule has 1 saturated heterocycles. The maximum Gasteiger partial charge on any atom is 0.318 e. The standard InChI is InChI=1S/C13H16N4O/c1-8(2)17-6-12(16-13(17)18)9-3-4-10-11(5-9)15-7-14-10/h3-5,7-8,12H,6H2,1-2H3,(H,14,15)(H,16,18). The van der Waals surface area contributed by atoms with Gasteiger partial charge in [0.25, 0.3) is 0 Å². The predicted molar refractivity (Wildman–Crippen MR) is 69.2 cm³/mol. The van der Waals surface area contributed by atoms with Crippen molar-refractivity contribution in [3.63, 3.8) is 0 Å². The summed E-state index contributed by atoms with van der Waals surface area (Å²) >= 11 is 0. The number of carbonyl (C=O) groups excluding carboxylic acids is 1. The third-order valence-corrected chi connectivity index (χ3v) is 3.41. The van der Waals surface area contributed by atoms with Gasteiger partial charge in [0.1, 0.15) is 0 Å². The molecule has 0 saturated carbocycles. The Kier molecular flexibility index (Phi) is 2.47. The summed E-state index contributed by atoms with van der Waals surface area (Å²) < 4.78 is 0. The Morgan fingerprint density at radius 2 is 2.28 bits per heavy atom. The number of benzene rings is 1. The van der Waals surface area contributed by atoms with E-state index in [-0.39, 0.29) is 18.1 Å². The van der Waals surface area contributed by atoms with Crippen LogP contribution in [0.25, 0.3) is 11.0 Å². The lowest BCUT2D eigenvalue weighted by atomic mass is 10.1. The summed E-state index contributed by atoms with van der Waals surface area (Å²) in [5.41, 5.74) is 3.07. The molecule has 1 unspecified atom stereocenters. The Hall–Kier alpha value is -2.04. The number of hydrogen-bond acceptors (Lipinski definition) is 2. The van der Waals surface area contributed by atoms with Crippen molar-refractivity contribution in [1.82, 2.24) is 20.2 Å². The maximum atomic E-state index is 11.8. The van der Waals surface area contributed by atoms with E-state index >= 15 is 0 Å². The van der Waals surface area contributed by atoms with Crippen molar-refractivity contribution in [2.24, 2.45) is 0 Å². The van der Waals surface area contributed by atoms with Crippen LogP contribution in [0, 0.1) is 0 Å². The van der Waals surface area contributed by atoms with Crippen LogP contribution in [0.2, 0.25) is 0 Å². The van der Waals surface area contributed by atoms with Gasteiger partial charge in [-0.05, 0) is 31.5 Å². The van der Waals surface area contributed by atoms with Crippen molar-refractivity contribution in [1.29, 1.82) is 0 Å². The van der Waals surface area contributed by atoms with E-state index in [2.05, 4.69) is 21.4 Å². The first-order valence-corrected chi connectivity index (χ1v) is 6.15. The number of carbonyl (C=O) groups is 1. The topological polar surface area (TPSA) is 61.0 Å². The molecule has 1 aliphatic rings. The zero-order chi connectivity index (χ0) is 12.7. The van der Waals surface area contributed by atoms with E-state index in [1.165, 1.54) is 0 Å². The van der Waals surface area contributed by atoms with Crippen LogP contribution in [0.5, 0.6) is 0 Å². The van der Waals surface area contributed by atoms with Gasteiger partial charge in [0, 0.05) is 12.6 Å².